The van der Waals surface area contributed by atoms with Gasteiger partial charge < -0.3 is 14.8 Å². The molecule has 2 heterocycles. The van der Waals surface area contributed by atoms with Gasteiger partial charge in [0.2, 0.25) is 0 Å². The Morgan fingerprint density at radius 1 is 1.42 bits per heavy atom. The van der Waals surface area contributed by atoms with Crippen LogP contribution in [0.5, 0.6) is 0 Å². The van der Waals surface area contributed by atoms with Crippen molar-refractivity contribution in [3.8, 4) is 0 Å². The molecular formula is C13H11NO4S. The normalized spacial score (nSPS) is 10.7. The van der Waals surface area contributed by atoms with Crippen molar-refractivity contribution in [3.63, 3.8) is 0 Å². The fraction of sp³-hybridized carbons (Fsp3) is 0.0769. The third-order valence-electron chi connectivity index (χ3n) is 2.34. The number of carbonyl (C=O) groups excluding carboxylic acids is 1. The Morgan fingerprint density at radius 2 is 2.26 bits per heavy atom. The Bertz CT molecular complexity index is 598. The molecular weight excluding hydrogens is 266 g/mol. The molecule has 0 saturated heterocycles. The van der Waals surface area contributed by atoms with Crippen molar-refractivity contribution in [2.24, 2.45) is 0 Å². The molecule has 2 rings (SSSR count). The molecule has 0 aromatic carbocycles. The first-order valence-electron chi connectivity index (χ1n) is 5.46. The van der Waals surface area contributed by atoms with Gasteiger partial charge in [0.1, 0.15) is 0 Å². The van der Waals surface area contributed by atoms with E-state index in [9.17, 15) is 9.59 Å². The standard InChI is InChI=1S/C13H11NO4S/c15-12(16)4-3-9-5-7-19-11(9)8-14-13(17)10-2-1-6-18-10/h1-7H,8H2,(H,14,17)(H,15,16). The molecule has 0 atom stereocenters. The van der Waals surface area contributed by atoms with Gasteiger partial charge in [-0.1, -0.05) is 0 Å². The summed E-state index contributed by atoms with van der Waals surface area (Å²) >= 11 is 1.45. The van der Waals surface area contributed by atoms with Gasteiger partial charge in [0.25, 0.3) is 5.91 Å². The van der Waals surface area contributed by atoms with Gasteiger partial charge in [-0.05, 0) is 35.2 Å². The van der Waals surface area contributed by atoms with E-state index in [-0.39, 0.29) is 11.7 Å². The lowest BCUT2D eigenvalue weighted by molar-refractivity contribution is -0.131. The van der Waals surface area contributed by atoms with E-state index in [0.29, 0.717) is 6.54 Å². The van der Waals surface area contributed by atoms with E-state index in [1.807, 2.05) is 5.38 Å². The maximum Gasteiger partial charge on any atom is 0.328 e. The number of aliphatic carboxylic acids is 1. The van der Waals surface area contributed by atoms with Crippen LogP contribution in [0.4, 0.5) is 0 Å². The molecule has 98 valence electrons. The van der Waals surface area contributed by atoms with E-state index in [1.54, 1.807) is 18.2 Å². The first-order chi connectivity index (χ1) is 9.16. The molecule has 0 unspecified atom stereocenters. The van der Waals surface area contributed by atoms with Gasteiger partial charge in [0.15, 0.2) is 5.76 Å². The molecule has 2 aromatic rings. The van der Waals surface area contributed by atoms with E-state index in [4.69, 9.17) is 9.52 Å². The number of carbonyl (C=O) groups is 2. The minimum absolute atomic E-state index is 0.249. The van der Waals surface area contributed by atoms with Crippen molar-refractivity contribution in [2.75, 3.05) is 0 Å². The van der Waals surface area contributed by atoms with Crippen LogP contribution in [0.15, 0.2) is 40.3 Å². The van der Waals surface area contributed by atoms with Crippen LogP contribution in [0.3, 0.4) is 0 Å². The highest BCUT2D eigenvalue weighted by Crippen LogP contribution is 2.18. The molecule has 0 aliphatic heterocycles. The lowest BCUT2D eigenvalue weighted by Gasteiger charge is -2.02. The molecule has 2 N–H and O–H groups in total. The van der Waals surface area contributed by atoms with Gasteiger partial charge in [-0.2, -0.15) is 0 Å². The Hall–Kier alpha value is -2.34. The molecule has 0 spiro atoms. The zero-order valence-corrected chi connectivity index (χ0v) is 10.6. The summed E-state index contributed by atoms with van der Waals surface area (Å²) in [5.74, 6) is -1.05. The zero-order chi connectivity index (χ0) is 13.7. The van der Waals surface area contributed by atoms with E-state index in [0.717, 1.165) is 16.5 Å². The Balaban J connectivity index is 1.98. The number of carboxylic acid groups (broad SMARTS) is 1. The predicted molar refractivity (Wildman–Crippen MR) is 70.9 cm³/mol. The topological polar surface area (TPSA) is 79.5 Å². The molecule has 0 saturated carbocycles. The highest BCUT2D eigenvalue weighted by molar-refractivity contribution is 7.10. The van der Waals surface area contributed by atoms with Crippen molar-refractivity contribution < 1.29 is 19.1 Å². The van der Waals surface area contributed by atoms with Gasteiger partial charge in [-0.3, -0.25) is 4.79 Å². The summed E-state index contributed by atoms with van der Waals surface area (Å²) in [6.07, 6.45) is 4.01. The second-order valence-electron chi connectivity index (χ2n) is 3.63. The Kier molecular flexibility index (Phi) is 4.15. The predicted octanol–water partition coefficient (Wildman–Crippen LogP) is 2.37. The van der Waals surface area contributed by atoms with Gasteiger partial charge >= 0.3 is 5.97 Å². The van der Waals surface area contributed by atoms with Crippen LogP contribution in [0.1, 0.15) is 21.0 Å². The summed E-state index contributed by atoms with van der Waals surface area (Å²) in [6, 6.07) is 5.02. The fourth-order valence-electron chi connectivity index (χ4n) is 1.46. The summed E-state index contributed by atoms with van der Waals surface area (Å²) in [4.78, 5) is 23.0. The number of amides is 1. The van der Waals surface area contributed by atoms with Crippen molar-refractivity contribution in [3.05, 3.63) is 52.1 Å². The van der Waals surface area contributed by atoms with Gasteiger partial charge in [-0.25, -0.2) is 4.79 Å². The van der Waals surface area contributed by atoms with Crippen molar-refractivity contribution in [1.29, 1.82) is 0 Å². The number of hydrogen-bond donors (Lipinski definition) is 2. The van der Waals surface area contributed by atoms with E-state index in [1.165, 1.54) is 23.7 Å². The average molecular weight is 277 g/mol. The quantitative estimate of drug-likeness (QED) is 0.822. The number of furan rings is 1. The smallest absolute Gasteiger partial charge is 0.328 e. The molecule has 0 fully saturated rings. The number of rotatable bonds is 5. The van der Waals surface area contributed by atoms with Crippen LogP contribution in [-0.4, -0.2) is 17.0 Å². The largest absolute Gasteiger partial charge is 0.478 e. The zero-order valence-electron chi connectivity index (χ0n) is 9.83. The molecule has 0 bridgehead atoms. The Labute approximate surface area is 113 Å². The SMILES string of the molecule is O=C(O)C=Cc1ccsc1CNC(=O)c1ccco1. The third kappa shape index (κ3) is 3.56. The van der Waals surface area contributed by atoms with Crippen LogP contribution in [0, 0.1) is 0 Å². The minimum Gasteiger partial charge on any atom is -0.478 e. The Morgan fingerprint density at radius 3 is 2.95 bits per heavy atom. The molecule has 5 nitrogen and oxygen atoms in total. The summed E-state index contributed by atoms with van der Waals surface area (Å²) < 4.78 is 4.97. The average Bonchev–Trinajstić information content (AvgIpc) is 3.04. The lowest BCUT2D eigenvalue weighted by Crippen LogP contribution is -2.22. The second kappa shape index (κ2) is 6.01. The summed E-state index contributed by atoms with van der Waals surface area (Å²) in [5, 5.41) is 13.1. The van der Waals surface area contributed by atoms with Crippen LogP contribution >= 0.6 is 11.3 Å². The highest BCUT2D eigenvalue weighted by Gasteiger charge is 2.09. The van der Waals surface area contributed by atoms with Gasteiger partial charge in [0, 0.05) is 11.0 Å². The van der Waals surface area contributed by atoms with Crippen molar-refractivity contribution in [2.45, 2.75) is 6.54 Å². The van der Waals surface area contributed by atoms with Gasteiger partial charge in [-0.15, -0.1) is 11.3 Å². The van der Waals surface area contributed by atoms with Crippen LogP contribution in [0.2, 0.25) is 0 Å². The lowest BCUT2D eigenvalue weighted by atomic mass is 10.2. The van der Waals surface area contributed by atoms with E-state index in [2.05, 4.69) is 5.32 Å². The van der Waals surface area contributed by atoms with Crippen LogP contribution in [0.25, 0.3) is 6.08 Å². The number of thiophene rings is 1. The van der Waals surface area contributed by atoms with Crippen LogP contribution < -0.4 is 5.32 Å². The molecule has 0 aliphatic carbocycles. The van der Waals surface area contributed by atoms with E-state index < -0.39 is 5.97 Å². The third-order valence-corrected chi connectivity index (χ3v) is 3.28. The van der Waals surface area contributed by atoms with E-state index >= 15 is 0 Å². The fourth-order valence-corrected chi connectivity index (χ4v) is 2.27. The maximum absolute atomic E-state index is 11.7. The molecule has 1 amide bonds. The van der Waals surface area contributed by atoms with Crippen molar-refractivity contribution >= 4 is 29.3 Å². The molecule has 2 aromatic heterocycles. The summed E-state index contributed by atoms with van der Waals surface area (Å²) in [7, 11) is 0. The number of carboxylic acids is 1. The van der Waals surface area contributed by atoms with Gasteiger partial charge in [0.05, 0.1) is 12.8 Å². The maximum atomic E-state index is 11.7. The van der Waals surface area contributed by atoms with Crippen LogP contribution in [-0.2, 0) is 11.3 Å². The number of hydrogen-bond acceptors (Lipinski definition) is 4. The molecule has 0 aliphatic rings. The first-order valence-corrected chi connectivity index (χ1v) is 6.34. The highest BCUT2D eigenvalue weighted by atomic mass is 32.1. The molecule has 6 heteroatoms. The molecule has 19 heavy (non-hydrogen) atoms. The minimum atomic E-state index is -1.00. The second-order valence-corrected chi connectivity index (χ2v) is 4.63. The number of nitrogens with one attached hydrogen (secondary N) is 1. The van der Waals surface area contributed by atoms with Crippen molar-refractivity contribution in [1.82, 2.24) is 5.32 Å². The molecule has 0 radical (unpaired) electrons. The summed E-state index contributed by atoms with van der Waals surface area (Å²) in [6.45, 7) is 0.330. The monoisotopic (exact) mass is 277 g/mol. The summed E-state index contributed by atoms with van der Waals surface area (Å²) in [5.41, 5.74) is 0.784. The first kappa shape index (κ1) is 13.1.